The maximum Gasteiger partial charge on any atom is 0.221 e. The van der Waals surface area contributed by atoms with E-state index in [1.807, 2.05) is 13.0 Å². The van der Waals surface area contributed by atoms with Crippen LogP contribution >= 0.6 is 0 Å². The lowest BCUT2D eigenvalue weighted by Gasteiger charge is -2.32. The average molecular weight is 329 g/mol. The van der Waals surface area contributed by atoms with Gasteiger partial charge < -0.3 is 10.4 Å². The van der Waals surface area contributed by atoms with Gasteiger partial charge in [0.05, 0.1) is 23.3 Å². The minimum absolute atomic E-state index is 0.0980. The zero-order valence-electron chi connectivity index (χ0n) is 14.0. The number of hydrogen-bond acceptors (Lipinski definition) is 5. The normalized spacial score (nSPS) is 18.5. The predicted octanol–water partition coefficient (Wildman–Crippen LogP) is 2.16. The van der Waals surface area contributed by atoms with E-state index in [-0.39, 0.29) is 17.6 Å². The Hall–Kier alpha value is -2.41. The summed E-state index contributed by atoms with van der Waals surface area (Å²) in [4.78, 5) is 18.1. The third-order valence-corrected chi connectivity index (χ3v) is 4.36. The fraction of sp³-hybridized carbons (Fsp3) is 0.471. The van der Waals surface area contributed by atoms with Gasteiger partial charge in [-0.15, -0.1) is 0 Å². The minimum Gasteiger partial charge on any atom is -0.506 e. The number of aromatic nitrogens is 3. The number of piperidine rings is 1. The molecule has 1 saturated heterocycles. The van der Waals surface area contributed by atoms with E-state index in [0.717, 1.165) is 43.0 Å². The van der Waals surface area contributed by atoms with Crippen molar-refractivity contribution >= 4 is 11.6 Å². The van der Waals surface area contributed by atoms with Gasteiger partial charge in [-0.2, -0.15) is 5.10 Å². The van der Waals surface area contributed by atoms with E-state index in [2.05, 4.69) is 25.4 Å². The van der Waals surface area contributed by atoms with Crippen LogP contribution in [0.2, 0.25) is 0 Å². The number of aromatic hydroxyl groups is 1. The van der Waals surface area contributed by atoms with E-state index in [1.165, 1.54) is 6.92 Å². The number of amides is 1. The summed E-state index contributed by atoms with van der Waals surface area (Å²) in [6.45, 7) is 5.84. The zero-order valence-corrected chi connectivity index (χ0v) is 14.0. The number of likely N-dealkylation sites (tertiary alicyclic amines) is 1. The van der Waals surface area contributed by atoms with E-state index in [0.29, 0.717) is 12.2 Å². The first-order chi connectivity index (χ1) is 11.5. The van der Waals surface area contributed by atoms with Gasteiger partial charge in [0.15, 0.2) is 0 Å². The first-order valence-corrected chi connectivity index (χ1v) is 8.21. The van der Waals surface area contributed by atoms with Crippen LogP contribution in [0.5, 0.6) is 5.75 Å². The SMILES string of the molecule is CC(=O)Nc1cn[nH]c1C1CCCN(Cc2nc(C)ccc2O)C1. The van der Waals surface area contributed by atoms with Crippen molar-refractivity contribution in [3.05, 3.63) is 35.4 Å². The lowest BCUT2D eigenvalue weighted by Crippen LogP contribution is -2.34. The average Bonchev–Trinajstić information content (AvgIpc) is 2.98. The van der Waals surface area contributed by atoms with Crippen molar-refractivity contribution in [2.45, 2.75) is 39.2 Å². The van der Waals surface area contributed by atoms with E-state index < -0.39 is 0 Å². The molecule has 0 saturated carbocycles. The second-order valence-corrected chi connectivity index (χ2v) is 6.37. The van der Waals surface area contributed by atoms with E-state index >= 15 is 0 Å². The van der Waals surface area contributed by atoms with Crippen LogP contribution in [0.4, 0.5) is 5.69 Å². The quantitative estimate of drug-likeness (QED) is 0.799. The highest BCUT2D eigenvalue weighted by molar-refractivity contribution is 5.89. The lowest BCUT2D eigenvalue weighted by atomic mass is 9.94. The molecule has 7 nitrogen and oxygen atoms in total. The molecule has 2 aromatic heterocycles. The van der Waals surface area contributed by atoms with Crippen molar-refractivity contribution in [2.24, 2.45) is 0 Å². The maximum absolute atomic E-state index is 11.3. The number of aromatic amines is 1. The van der Waals surface area contributed by atoms with Gasteiger partial charge in [0, 0.05) is 31.6 Å². The van der Waals surface area contributed by atoms with Gasteiger partial charge in [-0.05, 0) is 38.4 Å². The first kappa shape index (κ1) is 16.4. The molecule has 3 rings (SSSR count). The Kier molecular flexibility index (Phi) is 4.80. The molecule has 0 aliphatic carbocycles. The van der Waals surface area contributed by atoms with Gasteiger partial charge in [0.25, 0.3) is 0 Å². The van der Waals surface area contributed by atoms with Crippen LogP contribution in [0.25, 0.3) is 0 Å². The summed E-state index contributed by atoms with van der Waals surface area (Å²) in [5, 5.41) is 19.9. The summed E-state index contributed by atoms with van der Waals surface area (Å²) in [6.07, 6.45) is 3.75. The largest absolute Gasteiger partial charge is 0.506 e. The zero-order chi connectivity index (χ0) is 17.1. The van der Waals surface area contributed by atoms with Gasteiger partial charge in [-0.1, -0.05) is 0 Å². The van der Waals surface area contributed by atoms with Crippen molar-refractivity contribution < 1.29 is 9.90 Å². The topological polar surface area (TPSA) is 94.1 Å². The highest BCUT2D eigenvalue weighted by Gasteiger charge is 2.25. The Morgan fingerprint density at radius 2 is 2.33 bits per heavy atom. The Morgan fingerprint density at radius 1 is 1.50 bits per heavy atom. The monoisotopic (exact) mass is 329 g/mol. The molecule has 24 heavy (non-hydrogen) atoms. The number of pyridine rings is 1. The van der Waals surface area contributed by atoms with Crippen molar-refractivity contribution in [1.29, 1.82) is 0 Å². The predicted molar refractivity (Wildman–Crippen MR) is 90.8 cm³/mol. The molecule has 2 aromatic rings. The number of aryl methyl sites for hydroxylation is 1. The van der Waals surface area contributed by atoms with Crippen LogP contribution in [0.3, 0.4) is 0 Å². The molecular weight excluding hydrogens is 306 g/mol. The van der Waals surface area contributed by atoms with Crippen molar-refractivity contribution in [2.75, 3.05) is 18.4 Å². The van der Waals surface area contributed by atoms with Gasteiger partial charge in [0.2, 0.25) is 5.91 Å². The molecule has 1 fully saturated rings. The molecular formula is C17H23N5O2. The van der Waals surface area contributed by atoms with Crippen LogP contribution in [0, 0.1) is 6.92 Å². The molecule has 3 heterocycles. The van der Waals surface area contributed by atoms with Crippen LogP contribution < -0.4 is 5.32 Å². The number of rotatable bonds is 4. The summed E-state index contributed by atoms with van der Waals surface area (Å²) in [5.74, 6) is 0.414. The van der Waals surface area contributed by atoms with Gasteiger partial charge in [-0.3, -0.25) is 19.8 Å². The second kappa shape index (κ2) is 7.00. The summed E-state index contributed by atoms with van der Waals surface area (Å²) in [7, 11) is 0. The highest BCUT2D eigenvalue weighted by atomic mass is 16.3. The van der Waals surface area contributed by atoms with Crippen molar-refractivity contribution in [3.8, 4) is 5.75 Å². The molecule has 0 bridgehead atoms. The number of nitrogens with zero attached hydrogens (tertiary/aromatic N) is 3. The highest BCUT2D eigenvalue weighted by Crippen LogP contribution is 2.31. The number of nitrogens with one attached hydrogen (secondary N) is 2. The van der Waals surface area contributed by atoms with E-state index in [1.54, 1.807) is 12.3 Å². The molecule has 1 atom stereocenters. The number of H-pyrrole nitrogens is 1. The number of carbonyl (C=O) groups excluding carboxylic acids is 1. The summed E-state index contributed by atoms with van der Waals surface area (Å²) in [6, 6.07) is 3.50. The summed E-state index contributed by atoms with van der Waals surface area (Å²) < 4.78 is 0. The second-order valence-electron chi connectivity index (χ2n) is 6.37. The van der Waals surface area contributed by atoms with Crippen LogP contribution in [-0.4, -0.2) is 44.2 Å². The minimum atomic E-state index is -0.0980. The van der Waals surface area contributed by atoms with Crippen molar-refractivity contribution in [1.82, 2.24) is 20.1 Å². The third kappa shape index (κ3) is 3.73. The van der Waals surface area contributed by atoms with Gasteiger partial charge in [-0.25, -0.2) is 0 Å². The molecule has 1 amide bonds. The Bertz CT molecular complexity index is 728. The maximum atomic E-state index is 11.3. The fourth-order valence-corrected chi connectivity index (χ4v) is 3.26. The molecule has 7 heteroatoms. The standard InChI is InChI=1S/C17H23N5O2/c1-11-5-6-16(24)15(19-11)10-22-7-3-4-13(9-22)17-14(8-18-21-17)20-12(2)23/h5-6,8,13,24H,3-4,7,9-10H2,1-2H3,(H,18,21)(H,20,23). The molecule has 1 aliphatic heterocycles. The van der Waals surface area contributed by atoms with Gasteiger partial charge >= 0.3 is 0 Å². The Balaban J connectivity index is 1.72. The molecule has 0 spiro atoms. The smallest absolute Gasteiger partial charge is 0.221 e. The van der Waals surface area contributed by atoms with Crippen LogP contribution in [0.1, 0.15) is 42.8 Å². The van der Waals surface area contributed by atoms with E-state index in [9.17, 15) is 9.90 Å². The number of anilines is 1. The Labute approximate surface area is 141 Å². The summed E-state index contributed by atoms with van der Waals surface area (Å²) in [5.41, 5.74) is 3.34. The molecule has 0 radical (unpaired) electrons. The first-order valence-electron chi connectivity index (χ1n) is 8.21. The number of carbonyl (C=O) groups is 1. The van der Waals surface area contributed by atoms with Crippen molar-refractivity contribution in [3.63, 3.8) is 0 Å². The molecule has 0 aromatic carbocycles. The molecule has 3 N–H and O–H groups in total. The van der Waals surface area contributed by atoms with E-state index in [4.69, 9.17) is 0 Å². The molecule has 128 valence electrons. The lowest BCUT2D eigenvalue weighted by molar-refractivity contribution is -0.114. The molecule has 1 unspecified atom stereocenters. The van der Waals surface area contributed by atoms with Crippen LogP contribution in [0.15, 0.2) is 18.3 Å². The van der Waals surface area contributed by atoms with Gasteiger partial charge in [0.1, 0.15) is 5.75 Å². The molecule has 1 aliphatic rings. The van der Waals surface area contributed by atoms with Crippen LogP contribution in [-0.2, 0) is 11.3 Å². The Morgan fingerprint density at radius 3 is 3.12 bits per heavy atom. The number of hydrogen-bond donors (Lipinski definition) is 3. The summed E-state index contributed by atoms with van der Waals surface area (Å²) >= 11 is 0. The third-order valence-electron chi connectivity index (χ3n) is 4.36. The fourth-order valence-electron chi connectivity index (χ4n) is 3.26.